The van der Waals surface area contributed by atoms with E-state index in [0.717, 1.165) is 11.4 Å². The number of nitrogens with two attached hydrogens (primary N) is 1. The fraction of sp³-hybridized carbons (Fsp3) is 0.0833. The predicted octanol–water partition coefficient (Wildman–Crippen LogP) is 2.06. The molecule has 0 fully saturated rings. The topological polar surface area (TPSA) is 78.9 Å². The molecule has 0 atom stereocenters. The van der Waals surface area contributed by atoms with E-state index in [1.54, 1.807) is 18.0 Å². The number of nitrogens with zero attached hydrogens (tertiary/aromatic N) is 4. The molecule has 0 aliphatic heterocycles. The van der Waals surface area contributed by atoms with Gasteiger partial charge in [0.25, 0.3) is 0 Å². The highest BCUT2D eigenvalue weighted by molar-refractivity contribution is 6.28. The van der Waals surface area contributed by atoms with Crippen molar-refractivity contribution in [2.45, 2.75) is 0 Å². The van der Waals surface area contributed by atoms with Crippen molar-refractivity contribution in [3.8, 4) is 11.4 Å². The molecule has 6 nitrogen and oxygen atoms in total. The third-order valence-electron chi connectivity index (χ3n) is 2.75. The molecule has 0 radical (unpaired) electrons. The summed E-state index contributed by atoms with van der Waals surface area (Å²) in [5.41, 5.74) is 7.20. The lowest BCUT2D eigenvalue weighted by atomic mass is 10.3. The lowest BCUT2D eigenvalue weighted by Gasteiger charge is -2.05. The Bertz CT molecular complexity index is 738. The van der Waals surface area contributed by atoms with E-state index < -0.39 is 0 Å². The second-order valence-corrected chi connectivity index (χ2v) is 4.21. The second-order valence-electron chi connectivity index (χ2n) is 3.87. The molecule has 1 aromatic carbocycles. The number of fused-ring (bicyclic) bond motifs is 1. The average molecular weight is 276 g/mol. The third-order valence-corrected chi connectivity index (χ3v) is 2.92. The van der Waals surface area contributed by atoms with Crippen molar-refractivity contribution in [2.75, 3.05) is 12.8 Å². The zero-order valence-corrected chi connectivity index (χ0v) is 10.8. The molecule has 2 N–H and O–H groups in total. The van der Waals surface area contributed by atoms with Crippen LogP contribution in [0.4, 0.5) is 5.82 Å². The maximum absolute atomic E-state index is 5.82. The molecule has 3 aromatic rings. The number of hydrogen-bond donors (Lipinski definition) is 1. The summed E-state index contributed by atoms with van der Waals surface area (Å²) in [5.74, 6) is 1.09. The molecule has 0 spiro atoms. The number of methoxy groups -OCH3 is 1. The molecule has 0 aliphatic carbocycles. The van der Waals surface area contributed by atoms with Crippen LogP contribution in [0.2, 0.25) is 5.28 Å². The summed E-state index contributed by atoms with van der Waals surface area (Å²) in [4.78, 5) is 8.05. The van der Waals surface area contributed by atoms with E-state index in [1.165, 1.54) is 0 Å². The molecule has 0 aliphatic rings. The van der Waals surface area contributed by atoms with Gasteiger partial charge in [0.1, 0.15) is 11.6 Å². The van der Waals surface area contributed by atoms with Crippen LogP contribution in [-0.2, 0) is 0 Å². The summed E-state index contributed by atoms with van der Waals surface area (Å²) in [5, 5.41) is 5.02. The fourth-order valence-corrected chi connectivity index (χ4v) is 1.99. The standard InChI is InChI=1S/C12H10ClN5O/c1-19-8-4-2-7(3-5-8)18-11-9(6-15-18)10(14)16-12(13)17-11/h2-6H,1H3,(H2,14,16,17). The Hall–Kier alpha value is -2.34. The molecule has 96 valence electrons. The molecule has 19 heavy (non-hydrogen) atoms. The van der Waals surface area contributed by atoms with Crippen LogP contribution < -0.4 is 10.5 Å². The number of aromatic nitrogens is 4. The van der Waals surface area contributed by atoms with Gasteiger partial charge in [0, 0.05) is 0 Å². The van der Waals surface area contributed by atoms with E-state index in [9.17, 15) is 0 Å². The molecule has 7 heteroatoms. The Balaban J connectivity index is 2.19. The monoisotopic (exact) mass is 275 g/mol. The number of benzene rings is 1. The first-order valence-electron chi connectivity index (χ1n) is 5.50. The van der Waals surface area contributed by atoms with E-state index in [-0.39, 0.29) is 5.28 Å². The van der Waals surface area contributed by atoms with Crippen LogP contribution in [0.25, 0.3) is 16.7 Å². The van der Waals surface area contributed by atoms with Gasteiger partial charge in [0.05, 0.1) is 24.4 Å². The molecular formula is C12H10ClN5O. The molecule has 0 saturated carbocycles. The van der Waals surface area contributed by atoms with Crippen LogP contribution >= 0.6 is 11.6 Å². The van der Waals surface area contributed by atoms with Crippen molar-refractivity contribution in [2.24, 2.45) is 0 Å². The van der Waals surface area contributed by atoms with E-state index >= 15 is 0 Å². The number of anilines is 1. The van der Waals surface area contributed by atoms with Crippen LogP contribution in [0.1, 0.15) is 0 Å². The Morgan fingerprint density at radius 1 is 1.21 bits per heavy atom. The highest BCUT2D eigenvalue weighted by atomic mass is 35.5. The van der Waals surface area contributed by atoms with Crippen molar-refractivity contribution < 1.29 is 4.74 Å². The maximum atomic E-state index is 5.82. The summed E-state index contributed by atoms with van der Waals surface area (Å²) in [6, 6.07) is 7.43. The summed E-state index contributed by atoms with van der Waals surface area (Å²) in [7, 11) is 1.62. The Morgan fingerprint density at radius 2 is 1.95 bits per heavy atom. The predicted molar refractivity (Wildman–Crippen MR) is 72.6 cm³/mol. The van der Waals surface area contributed by atoms with Gasteiger partial charge in [-0.25, -0.2) is 9.67 Å². The molecule has 2 heterocycles. The van der Waals surface area contributed by atoms with Crippen molar-refractivity contribution in [1.82, 2.24) is 19.7 Å². The van der Waals surface area contributed by atoms with Gasteiger partial charge in [-0.3, -0.25) is 0 Å². The third kappa shape index (κ3) is 1.96. The second kappa shape index (κ2) is 4.40. The largest absolute Gasteiger partial charge is 0.497 e. The first-order valence-corrected chi connectivity index (χ1v) is 5.88. The molecule has 0 unspecified atom stereocenters. The summed E-state index contributed by atoms with van der Waals surface area (Å²) < 4.78 is 6.77. The SMILES string of the molecule is COc1ccc(-n2ncc3c(N)nc(Cl)nc32)cc1. The highest BCUT2D eigenvalue weighted by Crippen LogP contribution is 2.23. The smallest absolute Gasteiger partial charge is 0.226 e. The minimum atomic E-state index is 0.0975. The zero-order valence-electron chi connectivity index (χ0n) is 10.0. The lowest BCUT2D eigenvalue weighted by molar-refractivity contribution is 0.414. The first-order chi connectivity index (χ1) is 9.19. The number of ether oxygens (including phenoxy) is 1. The number of halogens is 1. The van der Waals surface area contributed by atoms with Gasteiger partial charge in [-0.2, -0.15) is 10.1 Å². The number of rotatable bonds is 2. The van der Waals surface area contributed by atoms with Crippen molar-refractivity contribution >= 4 is 28.5 Å². The molecule has 0 saturated heterocycles. The fourth-order valence-electron chi connectivity index (χ4n) is 1.81. The first kappa shape index (κ1) is 11.7. The summed E-state index contributed by atoms with van der Waals surface area (Å²) >= 11 is 5.82. The average Bonchev–Trinajstić information content (AvgIpc) is 2.83. The molecule has 0 bridgehead atoms. The van der Waals surface area contributed by atoms with Gasteiger partial charge in [-0.1, -0.05) is 0 Å². The maximum Gasteiger partial charge on any atom is 0.226 e. The minimum Gasteiger partial charge on any atom is -0.497 e. The zero-order chi connectivity index (χ0) is 13.4. The van der Waals surface area contributed by atoms with Crippen LogP contribution in [0.5, 0.6) is 5.75 Å². The van der Waals surface area contributed by atoms with Gasteiger partial charge in [0.15, 0.2) is 5.65 Å². The van der Waals surface area contributed by atoms with E-state index in [2.05, 4.69) is 15.1 Å². The van der Waals surface area contributed by atoms with E-state index in [4.69, 9.17) is 22.1 Å². The quantitative estimate of drug-likeness (QED) is 0.724. The van der Waals surface area contributed by atoms with Crippen molar-refractivity contribution in [1.29, 1.82) is 0 Å². The number of nitrogen functional groups attached to an aromatic ring is 1. The molecule has 0 amide bonds. The molecular weight excluding hydrogens is 266 g/mol. The van der Waals surface area contributed by atoms with Gasteiger partial charge >= 0.3 is 0 Å². The molecule has 3 rings (SSSR count). The Morgan fingerprint density at radius 3 is 2.63 bits per heavy atom. The van der Waals surface area contributed by atoms with Crippen molar-refractivity contribution in [3.63, 3.8) is 0 Å². The number of hydrogen-bond acceptors (Lipinski definition) is 5. The van der Waals surface area contributed by atoms with Crippen LogP contribution in [-0.4, -0.2) is 26.9 Å². The van der Waals surface area contributed by atoms with Crippen molar-refractivity contribution in [3.05, 3.63) is 35.7 Å². The van der Waals surface area contributed by atoms with E-state index in [1.807, 2.05) is 24.3 Å². The minimum absolute atomic E-state index is 0.0975. The van der Waals surface area contributed by atoms with E-state index in [0.29, 0.717) is 16.9 Å². The highest BCUT2D eigenvalue weighted by Gasteiger charge is 2.11. The Kier molecular flexibility index (Phi) is 2.72. The summed E-state index contributed by atoms with van der Waals surface area (Å²) in [6.07, 6.45) is 1.62. The van der Waals surface area contributed by atoms with Gasteiger partial charge in [0.2, 0.25) is 5.28 Å². The van der Waals surface area contributed by atoms with Crippen LogP contribution in [0.3, 0.4) is 0 Å². The Labute approximate surface area is 113 Å². The lowest BCUT2D eigenvalue weighted by Crippen LogP contribution is -2.00. The van der Waals surface area contributed by atoms with Gasteiger partial charge in [-0.15, -0.1) is 0 Å². The molecule has 2 aromatic heterocycles. The van der Waals surface area contributed by atoms with Gasteiger partial charge < -0.3 is 10.5 Å². The summed E-state index contributed by atoms with van der Waals surface area (Å²) in [6.45, 7) is 0. The van der Waals surface area contributed by atoms with Crippen LogP contribution in [0, 0.1) is 0 Å². The normalized spacial score (nSPS) is 10.8. The van der Waals surface area contributed by atoms with Gasteiger partial charge in [-0.05, 0) is 35.9 Å². The van der Waals surface area contributed by atoms with Crippen LogP contribution in [0.15, 0.2) is 30.5 Å².